The standard InChI is InChI=1S/C14H24O12/c1-4(17)23-12-8(19)7(18)5(2-15)25-14(12)26-11-6(3-16)24-13(22)10(21)9(11)20/h5-16,18-22H,2-3H2,1H3. The Bertz CT molecular complexity index is 473. The number of carbonyl (C=O) groups excluding carboxylic acids is 1. The van der Waals surface area contributed by atoms with Crippen LogP contribution >= 0.6 is 0 Å². The summed E-state index contributed by atoms with van der Waals surface area (Å²) in [6.07, 6.45) is -15.6. The van der Waals surface area contributed by atoms with Gasteiger partial charge in [-0.3, -0.25) is 4.79 Å². The molecule has 0 aliphatic carbocycles. The highest BCUT2D eigenvalue weighted by Gasteiger charge is 2.51. The molecule has 26 heavy (non-hydrogen) atoms. The van der Waals surface area contributed by atoms with Crippen LogP contribution in [-0.4, -0.2) is 116 Å². The van der Waals surface area contributed by atoms with E-state index < -0.39 is 80.6 Å². The molecule has 2 saturated heterocycles. The fourth-order valence-corrected chi connectivity index (χ4v) is 2.87. The maximum Gasteiger partial charge on any atom is 0.303 e. The summed E-state index contributed by atoms with van der Waals surface area (Å²) < 4.78 is 20.6. The molecule has 10 atom stereocenters. The molecule has 152 valence electrons. The first-order chi connectivity index (χ1) is 12.2. The van der Waals surface area contributed by atoms with Crippen LogP contribution in [0.1, 0.15) is 6.92 Å². The van der Waals surface area contributed by atoms with Crippen LogP contribution in [0.3, 0.4) is 0 Å². The van der Waals surface area contributed by atoms with Gasteiger partial charge in [-0.1, -0.05) is 0 Å². The second-order valence-corrected chi connectivity index (χ2v) is 6.11. The monoisotopic (exact) mass is 384 g/mol. The molecule has 0 amide bonds. The van der Waals surface area contributed by atoms with Crippen molar-refractivity contribution in [2.45, 2.75) is 68.3 Å². The Morgan fingerprint density at radius 2 is 1.42 bits per heavy atom. The van der Waals surface area contributed by atoms with Crippen molar-refractivity contribution in [2.24, 2.45) is 0 Å². The molecule has 0 radical (unpaired) electrons. The second kappa shape index (κ2) is 8.84. The minimum Gasteiger partial charge on any atom is -0.454 e. The zero-order chi connectivity index (χ0) is 19.6. The summed E-state index contributed by atoms with van der Waals surface area (Å²) in [4.78, 5) is 11.3. The van der Waals surface area contributed by atoms with Gasteiger partial charge in [-0.15, -0.1) is 0 Å². The van der Waals surface area contributed by atoms with Crippen LogP contribution in [0.2, 0.25) is 0 Å². The molecule has 2 aliphatic heterocycles. The van der Waals surface area contributed by atoms with Crippen molar-refractivity contribution in [3.05, 3.63) is 0 Å². The van der Waals surface area contributed by atoms with Crippen molar-refractivity contribution in [3.63, 3.8) is 0 Å². The smallest absolute Gasteiger partial charge is 0.303 e. The quantitative estimate of drug-likeness (QED) is 0.224. The highest BCUT2D eigenvalue weighted by molar-refractivity contribution is 5.66. The fourth-order valence-electron chi connectivity index (χ4n) is 2.87. The van der Waals surface area contributed by atoms with E-state index in [9.17, 15) is 40.5 Å². The molecule has 0 aromatic carbocycles. The number of ether oxygens (including phenoxy) is 4. The zero-order valence-corrected chi connectivity index (χ0v) is 13.9. The van der Waals surface area contributed by atoms with Gasteiger partial charge in [-0.25, -0.2) is 0 Å². The van der Waals surface area contributed by atoms with Gasteiger partial charge in [0.15, 0.2) is 18.7 Å². The van der Waals surface area contributed by atoms with Crippen molar-refractivity contribution < 1.29 is 59.5 Å². The predicted molar refractivity (Wildman–Crippen MR) is 78.2 cm³/mol. The Hall–Kier alpha value is -0.930. The van der Waals surface area contributed by atoms with Crippen molar-refractivity contribution in [3.8, 4) is 0 Å². The Morgan fingerprint density at radius 3 is 1.96 bits per heavy atom. The van der Waals surface area contributed by atoms with Gasteiger partial charge in [0, 0.05) is 6.92 Å². The average Bonchev–Trinajstić information content (AvgIpc) is 2.60. The van der Waals surface area contributed by atoms with Crippen molar-refractivity contribution in [2.75, 3.05) is 13.2 Å². The topological polar surface area (TPSA) is 196 Å². The van der Waals surface area contributed by atoms with Crippen molar-refractivity contribution in [1.29, 1.82) is 0 Å². The van der Waals surface area contributed by atoms with E-state index in [1.807, 2.05) is 0 Å². The highest BCUT2D eigenvalue weighted by Crippen LogP contribution is 2.29. The Balaban J connectivity index is 2.22. The maximum atomic E-state index is 11.3. The van der Waals surface area contributed by atoms with Crippen LogP contribution in [0.5, 0.6) is 0 Å². The average molecular weight is 384 g/mol. The van der Waals surface area contributed by atoms with Gasteiger partial charge in [0.05, 0.1) is 13.2 Å². The minimum atomic E-state index is -1.77. The van der Waals surface area contributed by atoms with Crippen molar-refractivity contribution >= 4 is 5.97 Å². The first-order valence-corrected chi connectivity index (χ1v) is 7.96. The molecule has 10 unspecified atom stereocenters. The van der Waals surface area contributed by atoms with Gasteiger partial charge in [0.1, 0.15) is 42.7 Å². The van der Waals surface area contributed by atoms with Crippen LogP contribution in [0.15, 0.2) is 0 Å². The second-order valence-electron chi connectivity index (χ2n) is 6.11. The molecule has 2 heterocycles. The van der Waals surface area contributed by atoms with E-state index in [1.165, 1.54) is 0 Å². The van der Waals surface area contributed by atoms with E-state index in [0.29, 0.717) is 0 Å². The van der Waals surface area contributed by atoms with Gasteiger partial charge >= 0.3 is 5.97 Å². The van der Waals surface area contributed by atoms with Crippen LogP contribution in [0.25, 0.3) is 0 Å². The molecule has 0 aromatic heterocycles. The number of aliphatic hydroxyl groups is 7. The SMILES string of the molecule is CC(=O)OC1C(OC2C(CO)OC(O)C(O)C2O)OC(CO)C(O)C1O. The summed E-state index contributed by atoms with van der Waals surface area (Å²) in [5, 5.41) is 68.0. The fraction of sp³-hybridized carbons (Fsp3) is 0.929. The first-order valence-electron chi connectivity index (χ1n) is 7.96. The Kier molecular flexibility index (Phi) is 7.27. The molecular weight excluding hydrogens is 360 g/mol. The van der Waals surface area contributed by atoms with Crippen LogP contribution in [0, 0.1) is 0 Å². The van der Waals surface area contributed by atoms with Crippen molar-refractivity contribution in [1.82, 2.24) is 0 Å². The normalized spacial score (nSPS) is 46.8. The number of aliphatic hydroxyl groups excluding tert-OH is 7. The maximum absolute atomic E-state index is 11.3. The van der Waals surface area contributed by atoms with Gasteiger partial charge < -0.3 is 54.7 Å². The predicted octanol–water partition coefficient (Wildman–Crippen LogP) is -4.83. The largest absolute Gasteiger partial charge is 0.454 e. The molecule has 0 aromatic rings. The third-order valence-electron chi connectivity index (χ3n) is 4.26. The van der Waals surface area contributed by atoms with E-state index in [4.69, 9.17) is 18.9 Å². The molecule has 0 bridgehead atoms. The number of carbonyl (C=O) groups is 1. The molecule has 12 nitrogen and oxygen atoms in total. The van der Waals surface area contributed by atoms with Gasteiger partial charge in [0.2, 0.25) is 0 Å². The Morgan fingerprint density at radius 1 is 0.846 bits per heavy atom. The third-order valence-corrected chi connectivity index (χ3v) is 4.26. The summed E-state index contributed by atoms with van der Waals surface area (Å²) in [7, 11) is 0. The lowest BCUT2D eigenvalue weighted by atomic mass is 9.97. The molecule has 0 saturated carbocycles. The van der Waals surface area contributed by atoms with E-state index in [-0.39, 0.29) is 0 Å². The molecule has 2 fully saturated rings. The lowest BCUT2D eigenvalue weighted by Crippen LogP contribution is -2.65. The van der Waals surface area contributed by atoms with Crippen LogP contribution in [0.4, 0.5) is 0 Å². The lowest BCUT2D eigenvalue weighted by molar-refractivity contribution is -0.355. The number of esters is 1. The van der Waals surface area contributed by atoms with E-state index >= 15 is 0 Å². The molecule has 2 rings (SSSR count). The third kappa shape index (κ3) is 4.31. The highest BCUT2D eigenvalue weighted by atomic mass is 16.7. The molecule has 7 N–H and O–H groups in total. The first kappa shape index (κ1) is 21.4. The summed E-state index contributed by atoms with van der Waals surface area (Å²) in [5.74, 6) is -0.824. The molecule has 0 spiro atoms. The zero-order valence-electron chi connectivity index (χ0n) is 13.9. The van der Waals surface area contributed by atoms with Gasteiger partial charge in [-0.05, 0) is 0 Å². The molecular formula is C14H24O12. The van der Waals surface area contributed by atoms with E-state index in [1.54, 1.807) is 0 Å². The summed E-state index contributed by atoms with van der Waals surface area (Å²) in [5.41, 5.74) is 0. The summed E-state index contributed by atoms with van der Waals surface area (Å²) in [6.45, 7) is -0.353. The summed E-state index contributed by atoms with van der Waals surface area (Å²) in [6, 6.07) is 0. The molecule has 2 aliphatic rings. The molecule has 12 heteroatoms. The minimum absolute atomic E-state index is 0.695. The van der Waals surface area contributed by atoms with E-state index in [2.05, 4.69) is 0 Å². The van der Waals surface area contributed by atoms with Gasteiger partial charge in [0.25, 0.3) is 0 Å². The van der Waals surface area contributed by atoms with E-state index in [0.717, 1.165) is 6.92 Å². The van der Waals surface area contributed by atoms with Crippen LogP contribution in [-0.2, 0) is 23.7 Å². The lowest BCUT2D eigenvalue weighted by Gasteiger charge is -2.45. The number of hydrogen-bond acceptors (Lipinski definition) is 12. The van der Waals surface area contributed by atoms with Crippen LogP contribution < -0.4 is 0 Å². The summed E-state index contributed by atoms with van der Waals surface area (Å²) >= 11 is 0. The number of hydrogen-bond donors (Lipinski definition) is 7. The number of rotatable bonds is 5. The van der Waals surface area contributed by atoms with Gasteiger partial charge in [-0.2, -0.15) is 0 Å². The Labute approximate surface area is 148 Å².